The number of ether oxygens (including phenoxy) is 7. The highest BCUT2D eigenvalue weighted by atomic mass is 16.6. The lowest BCUT2D eigenvalue weighted by molar-refractivity contribution is -0.263. The van der Waals surface area contributed by atoms with Gasteiger partial charge in [0, 0.05) is 12.3 Å². The smallest absolute Gasteiger partial charge is 0.312 e. The first-order chi connectivity index (χ1) is 36.3. The van der Waals surface area contributed by atoms with E-state index in [2.05, 4.69) is 62.3 Å². The molecule has 7 aliphatic carbocycles. The van der Waals surface area contributed by atoms with Crippen LogP contribution in [0.2, 0.25) is 0 Å². The average molecular weight is 1110 g/mol. The Morgan fingerprint density at radius 1 is 0.544 bits per heavy atom. The van der Waals surface area contributed by atoms with E-state index in [1.54, 1.807) is 0 Å². The van der Waals surface area contributed by atoms with E-state index in [9.17, 15) is 28.8 Å². The van der Waals surface area contributed by atoms with Crippen molar-refractivity contribution in [1.82, 2.24) is 0 Å². The van der Waals surface area contributed by atoms with Crippen molar-refractivity contribution in [1.29, 1.82) is 0 Å². The summed E-state index contributed by atoms with van der Waals surface area (Å²) in [7, 11) is 0. The summed E-state index contributed by atoms with van der Waals surface area (Å²) in [6, 6.07) is 0. The monoisotopic (exact) mass is 1110 g/mol. The van der Waals surface area contributed by atoms with Crippen molar-refractivity contribution >= 4 is 35.8 Å². The molecule has 9 rings (SSSR count). The van der Waals surface area contributed by atoms with Gasteiger partial charge in [-0.2, -0.15) is 0 Å². The van der Waals surface area contributed by atoms with Crippen LogP contribution in [0.1, 0.15) is 267 Å². The van der Waals surface area contributed by atoms with Gasteiger partial charge in [0.1, 0.15) is 30.0 Å². The summed E-state index contributed by atoms with van der Waals surface area (Å²) in [5.41, 5.74) is -2.40. The second-order valence-corrected chi connectivity index (χ2v) is 30.8. The van der Waals surface area contributed by atoms with Crippen LogP contribution in [0.3, 0.4) is 0 Å². The second kappa shape index (κ2) is 24.9. The minimum Gasteiger partial charge on any atom is -0.465 e. The topological polar surface area (TPSA) is 167 Å². The quantitative estimate of drug-likeness (QED) is 0.106. The van der Waals surface area contributed by atoms with Crippen LogP contribution < -0.4 is 0 Å². The molecule has 0 aromatic rings. The van der Waals surface area contributed by atoms with E-state index >= 15 is 0 Å². The number of esters is 6. The summed E-state index contributed by atoms with van der Waals surface area (Å²) in [5, 5.41) is 0. The summed E-state index contributed by atoms with van der Waals surface area (Å²) in [5.74, 6) is 2.52. The van der Waals surface area contributed by atoms with E-state index < -0.39 is 10.8 Å². The van der Waals surface area contributed by atoms with Crippen molar-refractivity contribution in [2.45, 2.75) is 302 Å². The highest BCUT2D eigenvalue weighted by Gasteiger charge is 2.64. The molecule has 7 atom stereocenters. The van der Waals surface area contributed by atoms with E-state index in [4.69, 9.17) is 33.2 Å². The molecule has 9 fully saturated rings. The van der Waals surface area contributed by atoms with Crippen LogP contribution in [0, 0.1) is 68.0 Å². The van der Waals surface area contributed by atoms with E-state index in [1.807, 2.05) is 76.2 Å². The van der Waals surface area contributed by atoms with Gasteiger partial charge in [0.15, 0.2) is 0 Å². The molecule has 9 aliphatic rings. The first-order valence-corrected chi connectivity index (χ1v) is 31.2. The van der Waals surface area contributed by atoms with Crippen LogP contribution >= 0.6 is 0 Å². The summed E-state index contributed by atoms with van der Waals surface area (Å²) in [6.45, 7) is 42.0. The Hall–Kier alpha value is -3.22. The van der Waals surface area contributed by atoms with Gasteiger partial charge < -0.3 is 33.2 Å². The van der Waals surface area contributed by atoms with Crippen LogP contribution in [-0.2, 0) is 61.9 Å². The van der Waals surface area contributed by atoms with Crippen LogP contribution in [0.5, 0.6) is 0 Å². The third-order valence-corrected chi connectivity index (χ3v) is 21.2. The summed E-state index contributed by atoms with van der Waals surface area (Å²) in [4.78, 5) is 71.8. The average Bonchev–Trinajstić information content (AvgIpc) is 4.18. The predicted molar refractivity (Wildman–Crippen MR) is 307 cm³/mol. The first kappa shape index (κ1) is 66.6. The maximum atomic E-state index is 12.8. The molecule has 2 saturated heterocycles. The van der Waals surface area contributed by atoms with Crippen molar-refractivity contribution in [3.8, 4) is 0 Å². The number of hydrogen-bond acceptors (Lipinski definition) is 13. The molecular weight excluding hydrogens is 1000 g/mol. The fourth-order valence-corrected chi connectivity index (χ4v) is 13.9. The highest BCUT2D eigenvalue weighted by Crippen LogP contribution is 2.62. The summed E-state index contributed by atoms with van der Waals surface area (Å²) in [6.07, 6.45) is 19.0. The maximum absolute atomic E-state index is 12.8. The SMILES string of the molecule is CCC(C)(C)C(=O)OC(C)(C)C1CCC(C(C)(C)C)CC1.CCC(C)(C)C(=O)OC1CC2CC1C1(CCOC1=O)C2.CCC(C)(C)C(=O)OC1COC(=O)C1.CCC(C)(C)OC12CC3CC(CC(OC(=O)C(C)(C)CC)(C3)C1)C2. The van der Waals surface area contributed by atoms with E-state index in [1.165, 1.54) is 32.1 Å². The summed E-state index contributed by atoms with van der Waals surface area (Å²) < 4.78 is 39.7. The minimum atomic E-state index is -0.481. The zero-order valence-corrected chi connectivity index (χ0v) is 53.5. The molecular formula is C66H112O13. The summed E-state index contributed by atoms with van der Waals surface area (Å²) >= 11 is 0. The number of rotatable bonds is 16. The van der Waals surface area contributed by atoms with Crippen molar-refractivity contribution in [3.63, 3.8) is 0 Å². The van der Waals surface area contributed by atoms with E-state index in [0.717, 1.165) is 89.4 Å². The molecule has 0 radical (unpaired) electrons. The number of cyclic esters (lactones) is 2. The predicted octanol–water partition coefficient (Wildman–Crippen LogP) is 14.8. The van der Waals surface area contributed by atoms with Gasteiger partial charge in [-0.25, -0.2) is 0 Å². The molecule has 0 aromatic heterocycles. The standard InChI is InChI=1S/C21H36O3.C19H36O2.C16H24O4.C10H16O4/c1-7-18(3,4)17(22)23-20-10-15-9-16(11-20)13-21(12-15,14-20)24-19(5,6)8-2;1-9-18(5,6)16(20)21-19(7,8)15-12-10-14(11-13-15)17(2,3)4;1-4-15(2,3)13(17)20-12-8-10-7-11(12)16(9-10)5-6-19-14(16)18;1-4-10(2,3)9(12)14-7-5-8(11)13-6-7/h15-16H,7-14H2,1-6H3;14-15H,9-13H2,1-8H3;10-12H,4-9H2,1-3H3;7H,4-6H2,1-3H3. The number of carbonyl (C=O) groups is 6. The third-order valence-electron chi connectivity index (χ3n) is 21.2. The Morgan fingerprint density at radius 2 is 1.04 bits per heavy atom. The molecule has 7 unspecified atom stereocenters. The van der Waals surface area contributed by atoms with Crippen LogP contribution in [0.4, 0.5) is 0 Å². The molecule has 13 heteroatoms. The Kier molecular flexibility index (Phi) is 21.0. The van der Waals surface area contributed by atoms with Gasteiger partial charge in [-0.15, -0.1) is 0 Å². The first-order valence-electron chi connectivity index (χ1n) is 31.2. The molecule has 13 nitrogen and oxygen atoms in total. The fraction of sp³-hybridized carbons (Fsp3) is 0.909. The third kappa shape index (κ3) is 16.1. The zero-order chi connectivity index (χ0) is 59.6. The molecule has 2 heterocycles. The molecule has 0 aromatic carbocycles. The van der Waals surface area contributed by atoms with Crippen LogP contribution in [0.25, 0.3) is 0 Å². The number of carbonyl (C=O) groups excluding carboxylic acids is 6. The Morgan fingerprint density at radius 3 is 1.49 bits per heavy atom. The Bertz CT molecular complexity index is 2120. The van der Waals surface area contributed by atoms with E-state index in [0.29, 0.717) is 42.1 Å². The lowest BCUT2D eigenvalue weighted by Gasteiger charge is -2.62. The van der Waals surface area contributed by atoms with Gasteiger partial charge in [0.25, 0.3) is 0 Å². The molecule has 6 bridgehead atoms. The molecule has 79 heavy (non-hydrogen) atoms. The van der Waals surface area contributed by atoms with Gasteiger partial charge in [-0.3, -0.25) is 28.8 Å². The lowest BCUT2D eigenvalue weighted by atomic mass is 9.52. The largest absolute Gasteiger partial charge is 0.465 e. The van der Waals surface area contributed by atoms with Crippen molar-refractivity contribution in [2.75, 3.05) is 13.2 Å². The van der Waals surface area contributed by atoms with Gasteiger partial charge in [0.2, 0.25) is 0 Å². The van der Waals surface area contributed by atoms with Crippen molar-refractivity contribution in [3.05, 3.63) is 0 Å². The number of hydrogen-bond donors (Lipinski definition) is 0. The molecule has 454 valence electrons. The van der Waals surface area contributed by atoms with Gasteiger partial charge in [-0.05, 0) is 234 Å². The number of fused-ring (bicyclic) bond motifs is 3. The van der Waals surface area contributed by atoms with E-state index in [-0.39, 0.29) is 106 Å². The normalized spacial score (nSPS) is 32.1. The molecule has 0 N–H and O–H groups in total. The molecule has 1 spiro atoms. The second-order valence-electron chi connectivity index (χ2n) is 30.8. The Balaban J connectivity index is 0.000000197. The van der Waals surface area contributed by atoms with Crippen molar-refractivity contribution in [2.24, 2.45) is 68.0 Å². The highest BCUT2D eigenvalue weighted by molar-refractivity contribution is 5.81. The molecule has 2 aliphatic heterocycles. The maximum Gasteiger partial charge on any atom is 0.312 e. The molecule has 0 amide bonds. The van der Waals surface area contributed by atoms with Gasteiger partial charge in [-0.1, -0.05) is 55.4 Å². The minimum absolute atomic E-state index is 0.0168. The zero-order valence-electron chi connectivity index (χ0n) is 53.5. The van der Waals surface area contributed by atoms with Crippen LogP contribution in [-0.4, -0.2) is 83.6 Å². The van der Waals surface area contributed by atoms with Gasteiger partial charge >= 0.3 is 35.8 Å². The lowest BCUT2D eigenvalue weighted by Crippen LogP contribution is -2.63. The molecule has 7 saturated carbocycles. The van der Waals surface area contributed by atoms with Crippen molar-refractivity contribution < 1.29 is 61.9 Å². The van der Waals surface area contributed by atoms with Crippen LogP contribution in [0.15, 0.2) is 0 Å². The van der Waals surface area contributed by atoms with Gasteiger partial charge in [0.05, 0.1) is 51.3 Å². The fourth-order valence-electron chi connectivity index (χ4n) is 13.9. The Labute approximate surface area is 478 Å².